The van der Waals surface area contributed by atoms with Crippen LogP contribution in [0.25, 0.3) is 11.3 Å². The summed E-state index contributed by atoms with van der Waals surface area (Å²) in [6.07, 6.45) is -4.74. The van der Waals surface area contributed by atoms with E-state index in [1.807, 2.05) is 0 Å². The Hall–Kier alpha value is -4.93. The highest BCUT2D eigenvalue weighted by Gasteiger charge is 2.35. The van der Waals surface area contributed by atoms with E-state index >= 15 is 0 Å². The zero-order valence-electron chi connectivity index (χ0n) is 20.2. The molecule has 8 nitrogen and oxygen atoms in total. The average Bonchev–Trinajstić information content (AvgIpc) is 3.39. The Morgan fingerprint density at radius 3 is 2.31 bits per heavy atom. The van der Waals surface area contributed by atoms with Crippen molar-refractivity contribution in [2.24, 2.45) is 0 Å². The van der Waals surface area contributed by atoms with Gasteiger partial charge in [0.2, 0.25) is 0 Å². The van der Waals surface area contributed by atoms with Crippen molar-refractivity contribution in [3.8, 4) is 11.3 Å². The van der Waals surface area contributed by atoms with Crippen molar-refractivity contribution < 1.29 is 37.2 Å². The maximum Gasteiger partial charge on any atom is 0.417 e. The number of benzene rings is 3. The monoisotopic (exact) mass is 538 g/mol. The number of nitro benzene ring substituents is 1. The number of nitro groups is 1. The predicted molar refractivity (Wildman–Crippen MR) is 134 cm³/mol. The van der Waals surface area contributed by atoms with Crippen LogP contribution < -0.4 is 0 Å². The zero-order valence-corrected chi connectivity index (χ0v) is 20.2. The number of alkyl halides is 3. The molecule has 0 radical (unpaired) electrons. The molecule has 11 heteroatoms. The number of non-ortho nitro benzene ring substituents is 1. The second-order valence-electron chi connectivity index (χ2n) is 8.59. The lowest BCUT2D eigenvalue weighted by Crippen LogP contribution is -2.46. The van der Waals surface area contributed by atoms with Gasteiger partial charge in [0.15, 0.2) is 0 Å². The van der Waals surface area contributed by atoms with Crippen LogP contribution in [0.3, 0.4) is 0 Å². The van der Waals surface area contributed by atoms with Gasteiger partial charge in [-0.05, 0) is 29.8 Å². The molecular formula is C28H21F3N2O6. The summed E-state index contributed by atoms with van der Waals surface area (Å²) in [7, 11) is 0. The first-order chi connectivity index (χ1) is 18.5. The zero-order chi connectivity index (χ0) is 28.2. The Balaban J connectivity index is 1.73. The van der Waals surface area contributed by atoms with Crippen molar-refractivity contribution in [2.75, 3.05) is 0 Å². The van der Waals surface area contributed by atoms with Gasteiger partial charge >= 0.3 is 12.1 Å². The van der Waals surface area contributed by atoms with Gasteiger partial charge < -0.3 is 14.4 Å². The first-order valence-electron chi connectivity index (χ1n) is 11.6. The highest BCUT2D eigenvalue weighted by molar-refractivity contribution is 5.97. The van der Waals surface area contributed by atoms with E-state index in [0.29, 0.717) is 5.56 Å². The molecule has 1 aromatic heterocycles. The summed E-state index contributed by atoms with van der Waals surface area (Å²) < 4.78 is 46.3. The second-order valence-corrected chi connectivity index (χ2v) is 8.59. The third kappa shape index (κ3) is 6.32. The van der Waals surface area contributed by atoms with E-state index in [1.165, 1.54) is 48.5 Å². The number of halogens is 3. The molecular weight excluding hydrogens is 517 g/mol. The lowest BCUT2D eigenvalue weighted by Gasteiger charge is -2.28. The molecule has 1 atom stereocenters. The van der Waals surface area contributed by atoms with E-state index in [-0.39, 0.29) is 34.8 Å². The summed E-state index contributed by atoms with van der Waals surface area (Å²) in [5.74, 6) is -2.25. The lowest BCUT2D eigenvalue weighted by atomic mass is 10.0. The third-order valence-corrected chi connectivity index (χ3v) is 5.98. The van der Waals surface area contributed by atoms with E-state index in [4.69, 9.17) is 4.42 Å². The summed E-state index contributed by atoms with van der Waals surface area (Å²) in [6.45, 7) is -0.417. The maximum atomic E-state index is 13.6. The number of carboxylic acid groups (broad SMARTS) is 1. The highest BCUT2D eigenvalue weighted by atomic mass is 19.4. The van der Waals surface area contributed by atoms with Gasteiger partial charge in [-0.25, -0.2) is 4.79 Å². The number of hydrogen-bond acceptors (Lipinski definition) is 5. The molecule has 1 amide bonds. The van der Waals surface area contributed by atoms with Crippen LogP contribution in [0.1, 0.15) is 27.2 Å². The molecule has 4 aromatic rings. The first kappa shape index (κ1) is 27.1. The van der Waals surface area contributed by atoms with Gasteiger partial charge in [0.25, 0.3) is 11.6 Å². The van der Waals surface area contributed by atoms with Crippen LogP contribution in [-0.2, 0) is 23.9 Å². The molecule has 0 fully saturated rings. The third-order valence-electron chi connectivity index (χ3n) is 5.98. The van der Waals surface area contributed by atoms with Crippen LogP contribution in [0.2, 0.25) is 0 Å². The molecule has 39 heavy (non-hydrogen) atoms. The molecule has 0 spiro atoms. The second kappa shape index (κ2) is 11.2. The number of nitrogens with zero attached hydrogens (tertiary/aromatic N) is 2. The number of carbonyl (C=O) groups is 2. The fourth-order valence-corrected chi connectivity index (χ4v) is 4.13. The fraction of sp³-hybridized carbons (Fsp3) is 0.143. The molecule has 3 aromatic carbocycles. The topological polar surface area (TPSA) is 114 Å². The van der Waals surface area contributed by atoms with Gasteiger partial charge in [0, 0.05) is 29.7 Å². The van der Waals surface area contributed by atoms with Crippen LogP contribution in [-0.4, -0.2) is 32.8 Å². The number of aliphatic carboxylic acids is 1. The molecule has 0 aliphatic carbocycles. The van der Waals surface area contributed by atoms with Crippen LogP contribution in [0.5, 0.6) is 0 Å². The fourth-order valence-electron chi connectivity index (χ4n) is 4.13. The number of carbonyl (C=O) groups excluding carboxylic acids is 1. The molecule has 0 saturated carbocycles. The molecule has 200 valence electrons. The van der Waals surface area contributed by atoms with Crippen molar-refractivity contribution >= 4 is 17.6 Å². The number of hydrogen-bond donors (Lipinski definition) is 1. The van der Waals surface area contributed by atoms with E-state index in [2.05, 4.69) is 0 Å². The Morgan fingerprint density at radius 2 is 1.64 bits per heavy atom. The van der Waals surface area contributed by atoms with Gasteiger partial charge in [-0.15, -0.1) is 0 Å². The molecule has 0 bridgehead atoms. The lowest BCUT2D eigenvalue weighted by molar-refractivity contribution is -0.384. The Morgan fingerprint density at radius 1 is 0.949 bits per heavy atom. The van der Waals surface area contributed by atoms with E-state index in [9.17, 15) is 38.0 Å². The standard InChI is InChI=1S/C28H21F3N2O6/c29-28(30,31)23-12-5-4-11-22(23)25-14-13-21(39-25)17-32(24(27(35)36)15-18-7-2-1-3-8-18)26(34)19-9-6-10-20(16-19)33(37)38/h1-14,16,24H,15,17H2,(H,35,36)/t24-/m1/s1. The number of furan rings is 1. The average molecular weight is 538 g/mol. The minimum atomic E-state index is -4.64. The van der Waals surface area contributed by atoms with E-state index < -0.39 is 41.1 Å². The van der Waals surface area contributed by atoms with Crippen LogP contribution in [0.15, 0.2) is 95.4 Å². The van der Waals surface area contributed by atoms with Crippen LogP contribution >= 0.6 is 0 Å². The Labute approximate surface area is 220 Å². The minimum Gasteiger partial charge on any atom is -0.480 e. The molecule has 0 saturated heterocycles. The summed E-state index contributed by atoms with van der Waals surface area (Å²) >= 11 is 0. The number of carboxylic acids is 1. The molecule has 4 rings (SSSR count). The van der Waals surface area contributed by atoms with Crippen molar-refractivity contribution in [3.63, 3.8) is 0 Å². The van der Waals surface area contributed by atoms with E-state index in [0.717, 1.165) is 17.0 Å². The first-order valence-corrected chi connectivity index (χ1v) is 11.6. The van der Waals surface area contributed by atoms with Gasteiger partial charge in [-0.3, -0.25) is 14.9 Å². The summed E-state index contributed by atoms with van der Waals surface area (Å²) in [5, 5.41) is 21.3. The minimum absolute atomic E-state index is 0.0278. The predicted octanol–water partition coefficient (Wildman–Crippen LogP) is 6.21. The van der Waals surface area contributed by atoms with Gasteiger partial charge in [0.1, 0.15) is 17.6 Å². The molecule has 0 unspecified atom stereocenters. The van der Waals surface area contributed by atoms with Crippen molar-refractivity contribution in [3.05, 3.63) is 124 Å². The normalized spacial score (nSPS) is 12.1. The largest absolute Gasteiger partial charge is 0.480 e. The molecule has 1 heterocycles. The molecule has 0 aliphatic heterocycles. The van der Waals surface area contributed by atoms with Crippen molar-refractivity contribution in [2.45, 2.75) is 25.2 Å². The Bertz CT molecular complexity index is 1500. The quantitative estimate of drug-likeness (QED) is 0.200. The maximum absolute atomic E-state index is 13.6. The summed E-state index contributed by atoms with van der Waals surface area (Å²) in [4.78, 5) is 37.5. The summed E-state index contributed by atoms with van der Waals surface area (Å²) in [5.41, 5.74) is -1.01. The van der Waals surface area contributed by atoms with Gasteiger partial charge in [-0.1, -0.05) is 54.6 Å². The smallest absolute Gasteiger partial charge is 0.417 e. The summed E-state index contributed by atoms with van der Waals surface area (Å²) in [6, 6.07) is 19.4. The SMILES string of the molecule is O=C(O)[C@@H](Cc1ccccc1)N(Cc1ccc(-c2ccccc2C(F)(F)F)o1)C(=O)c1cccc([N+](=O)[O-])c1. The van der Waals surface area contributed by atoms with Gasteiger partial charge in [0.05, 0.1) is 17.0 Å². The van der Waals surface area contributed by atoms with Crippen LogP contribution in [0.4, 0.5) is 18.9 Å². The number of rotatable bonds is 9. The van der Waals surface area contributed by atoms with Gasteiger partial charge in [-0.2, -0.15) is 13.2 Å². The molecule has 1 N–H and O–H groups in total. The molecule has 0 aliphatic rings. The van der Waals surface area contributed by atoms with E-state index in [1.54, 1.807) is 30.3 Å². The number of amides is 1. The van der Waals surface area contributed by atoms with Crippen LogP contribution in [0, 0.1) is 10.1 Å². The highest BCUT2D eigenvalue weighted by Crippen LogP contribution is 2.37. The Kier molecular flexibility index (Phi) is 7.80. The van der Waals surface area contributed by atoms with Crippen molar-refractivity contribution in [1.29, 1.82) is 0 Å². The van der Waals surface area contributed by atoms with Crippen molar-refractivity contribution in [1.82, 2.24) is 4.90 Å².